The normalized spacial score (nSPS) is 13.3. The van der Waals surface area contributed by atoms with Crippen molar-refractivity contribution in [1.82, 2.24) is 0 Å². The molecule has 4 nitrogen and oxygen atoms in total. The molecular formula is C4H11BO4. The molecule has 0 radical (unpaired) electrons. The van der Waals surface area contributed by atoms with Crippen molar-refractivity contribution in [2.45, 2.75) is 6.92 Å². The second-order valence-corrected chi connectivity index (χ2v) is 1.95. The second kappa shape index (κ2) is 4.75. The van der Waals surface area contributed by atoms with Gasteiger partial charge in [-0.05, 0) is 0 Å². The van der Waals surface area contributed by atoms with Gasteiger partial charge in [0.05, 0.1) is 0 Å². The Morgan fingerprint density at radius 1 is 1.56 bits per heavy atom. The van der Waals surface area contributed by atoms with Gasteiger partial charge >= 0.3 is 7.32 Å². The zero-order valence-corrected chi connectivity index (χ0v) is 5.32. The van der Waals surface area contributed by atoms with Gasteiger partial charge in [0.1, 0.15) is 0 Å². The van der Waals surface area contributed by atoms with Gasteiger partial charge < -0.3 is 19.8 Å². The van der Waals surface area contributed by atoms with Crippen molar-refractivity contribution in [3.05, 3.63) is 0 Å². The van der Waals surface area contributed by atoms with E-state index >= 15 is 0 Å². The van der Waals surface area contributed by atoms with Crippen molar-refractivity contribution in [3.8, 4) is 0 Å². The highest BCUT2D eigenvalue weighted by molar-refractivity contribution is 6.32. The van der Waals surface area contributed by atoms with Gasteiger partial charge in [-0.15, -0.1) is 0 Å². The summed E-state index contributed by atoms with van der Waals surface area (Å²) in [5.74, 6) is -0.0493. The first-order valence-corrected chi connectivity index (χ1v) is 2.75. The van der Waals surface area contributed by atoms with E-state index in [-0.39, 0.29) is 19.1 Å². The molecule has 0 aromatic heterocycles. The van der Waals surface area contributed by atoms with Crippen molar-refractivity contribution in [1.29, 1.82) is 0 Å². The van der Waals surface area contributed by atoms with Gasteiger partial charge in [0.15, 0.2) is 0 Å². The Bertz CT molecular complexity index is 67.6. The van der Waals surface area contributed by atoms with Crippen LogP contribution in [-0.4, -0.2) is 35.7 Å². The molecular weight excluding hydrogens is 123 g/mol. The SMILES string of the molecule is CC(CO)COB(O)O. The fourth-order valence-electron chi connectivity index (χ4n) is 0.303. The Morgan fingerprint density at radius 2 is 2.11 bits per heavy atom. The molecule has 54 valence electrons. The molecule has 0 aliphatic rings. The Balaban J connectivity index is 3.06. The molecule has 0 saturated heterocycles. The lowest BCUT2D eigenvalue weighted by Crippen LogP contribution is -2.21. The number of hydrogen-bond acceptors (Lipinski definition) is 4. The highest BCUT2D eigenvalue weighted by Crippen LogP contribution is 1.92. The molecule has 9 heavy (non-hydrogen) atoms. The van der Waals surface area contributed by atoms with Crippen LogP contribution in [0.25, 0.3) is 0 Å². The predicted molar refractivity (Wildman–Crippen MR) is 32.4 cm³/mol. The summed E-state index contributed by atoms with van der Waals surface area (Å²) in [4.78, 5) is 0. The number of aliphatic hydroxyl groups excluding tert-OH is 1. The molecule has 1 unspecified atom stereocenters. The van der Waals surface area contributed by atoms with E-state index in [4.69, 9.17) is 15.2 Å². The Labute approximate surface area is 54.3 Å². The zero-order valence-electron chi connectivity index (χ0n) is 5.32. The lowest BCUT2D eigenvalue weighted by Gasteiger charge is -2.06. The van der Waals surface area contributed by atoms with E-state index < -0.39 is 7.32 Å². The molecule has 1 atom stereocenters. The van der Waals surface area contributed by atoms with Crippen molar-refractivity contribution in [3.63, 3.8) is 0 Å². The molecule has 5 heteroatoms. The number of rotatable bonds is 4. The van der Waals surface area contributed by atoms with E-state index in [2.05, 4.69) is 4.65 Å². The minimum absolute atomic E-state index is 0.00722. The van der Waals surface area contributed by atoms with Crippen LogP contribution in [0.15, 0.2) is 0 Å². The maximum atomic E-state index is 8.40. The first-order valence-electron chi connectivity index (χ1n) is 2.75. The van der Waals surface area contributed by atoms with Crippen molar-refractivity contribution in [2.24, 2.45) is 5.92 Å². The van der Waals surface area contributed by atoms with E-state index in [1.807, 2.05) is 0 Å². The lowest BCUT2D eigenvalue weighted by atomic mass is 10.2. The summed E-state index contributed by atoms with van der Waals surface area (Å²) < 4.78 is 4.35. The molecule has 0 heterocycles. The van der Waals surface area contributed by atoms with Gasteiger partial charge in [-0.25, -0.2) is 0 Å². The van der Waals surface area contributed by atoms with E-state index in [0.29, 0.717) is 0 Å². The maximum absolute atomic E-state index is 8.40. The number of aliphatic hydroxyl groups is 1. The molecule has 0 rings (SSSR count). The second-order valence-electron chi connectivity index (χ2n) is 1.95. The molecule has 3 N–H and O–H groups in total. The van der Waals surface area contributed by atoms with Crippen LogP contribution in [0.5, 0.6) is 0 Å². The summed E-state index contributed by atoms with van der Waals surface area (Å²) in [6.07, 6.45) is 0. The first-order chi connectivity index (χ1) is 4.16. The minimum Gasteiger partial charge on any atom is -0.402 e. The van der Waals surface area contributed by atoms with E-state index in [1.54, 1.807) is 6.92 Å². The van der Waals surface area contributed by atoms with Crippen LogP contribution in [0.2, 0.25) is 0 Å². The zero-order chi connectivity index (χ0) is 7.28. The van der Waals surface area contributed by atoms with Crippen LogP contribution in [0.3, 0.4) is 0 Å². The topological polar surface area (TPSA) is 69.9 Å². The summed E-state index contributed by atoms with van der Waals surface area (Å²) >= 11 is 0. The summed E-state index contributed by atoms with van der Waals surface area (Å²) in [5, 5.41) is 24.7. The summed E-state index contributed by atoms with van der Waals surface area (Å²) in [5.41, 5.74) is 0. The number of hydrogen-bond donors (Lipinski definition) is 3. The molecule has 0 saturated carbocycles. The molecule has 0 spiro atoms. The molecule has 0 aliphatic heterocycles. The average molecular weight is 134 g/mol. The third-order valence-electron chi connectivity index (χ3n) is 0.841. The molecule has 0 aliphatic carbocycles. The third kappa shape index (κ3) is 5.78. The Kier molecular flexibility index (Phi) is 4.70. The Morgan fingerprint density at radius 3 is 2.44 bits per heavy atom. The highest BCUT2D eigenvalue weighted by Gasteiger charge is 2.09. The smallest absolute Gasteiger partial charge is 0.402 e. The largest absolute Gasteiger partial charge is 0.633 e. The first kappa shape index (κ1) is 8.90. The molecule has 0 aromatic carbocycles. The van der Waals surface area contributed by atoms with Crippen LogP contribution in [0.1, 0.15) is 6.92 Å². The summed E-state index contributed by atoms with van der Waals surface area (Å²) in [6.45, 7) is 1.89. The van der Waals surface area contributed by atoms with E-state index in [1.165, 1.54) is 0 Å². The van der Waals surface area contributed by atoms with Gasteiger partial charge in [-0.3, -0.25) is 0 Å². The summed E-state index contributed by atoms with van der Waals surface area (Å²) in [7, 11) is -1.72. The average Bonchev–Trinajstić information content (AvgIpc) is 1.83. The Hall–Kier alpha value is -0.0951. The van der Waals surface area contributed by atoms with Crippen molar-refractivity contribution in [2.75, 3.05) is 13.2 Å². The van der Waals surface area contributed by atoms with Crippen molar-refractivity contribution >= 4 is 7.32 Å². The predicted octanol–water partition coefficient (Wildman–Crippen LogP) is -1.40. The standard InChI is InChI=1S/C4H11BO4/c1-4(2-6)3-9-5(7)8/h4,6-8H,2-3H2,1H3. The molecule has 0 amide bonds. The van der Waals surface area contributed by atoms with Crippen LogP contribution >= 0.6 is 0 Å². The van der Waals surface area contributed by atoms with Crippen LogP contribution in [0, 0.1) is 5.92 Å². The van der Waals surface area contributed by atoms with Crippen LogP contribution < -0.4 is 0 Å². The summed E-state index contributed by atoms with van der Waals surface area (Å²) in [6, 6.07) is 0. The van der Waals surface area contributed by atoms with Gasteiger partial charge in [-0.1, -0.05) is 6.92 Å². The van der Waals surface area contributed by atoms with Gasteiger partial charge in [-0.2, -0.15) is 0 Å². The third-order valence-corrected chi connectivity index (χ3v) is 0.841. The highest BCUT2D eigenvalue weighted by atomic mass is 16.6. The van der Waals surface area contributed by atoms with E-state index in [9.17, 15) is 0 Å². The van der Waals surface area contributed by atoms with Crippen LogP contribution in [-0.2, 0) is 4.65 Å². The lowest BCUT2D eigenvalue weighted by molar-refractivity contribution is 0.127. The fourth-order valence-corrected chi connectivity index (χ4v) is 0.303. The van der Waals surface area contributed by atoms with Crippen molar-refractivity contribution < 1.29 is 19.8 Å². The van der Waals surface area contributed by atoms with Gasteiger partial charge in [0.25, 0.3) is 0 Å². The molecule has 0 fully saturated rings. The molecule has 0 bridgehead atoms. The van der Waals surface area contributed by atoms with Gasteiger partial charge in [0.2, 0.25) is 0 Å². The van der Waals surface area contributed by atoms with Crippen LogP contribution in [0.4, 0.5) is 0 Å². The monoisotopic (exact) mass is 134 g/mol. The minimum atomic E-state index is -1.72. The maximum Gasteiger partial charge on any atom is 0.633 e. The fraction of sp³-hybridized carbons (Fsp3) is 1.00. The quantitative estimate of drug-likeness (QED) is 0.413. The molecule has 0 aromatic rings. The van der Waals surface area contributed by atoms with E-state index in [0.717, 1.165) is 0 Å². The van der Waals surface area contributed by atoms with Gasteiger partial charge in [0, 0.05) is 19.1 Å².